The third kappa shape index (κ3) is 4.62. The maximum absolute atomic E-state index is 12.4. The number of hydrogen-bond acceptors (Lipinski definition) is 3. The Bertz CT molecular complexity index is 816. The largest absolute Gasteiger partial charge is 0.481 e. The van der Waals surface area contributed by atoms with Gasteiger partial charge in [-0.3, -0.25) is 4.79 Å². The smallest absolute Gasteiger partial charge is 0.260 e. The predicted octanol–water partition coefficient (Wildman–Crippen LogP) is 3.95. The van der Waals surface area contributed by atoms with E-state index in [1.807, 2.05) is 26.8 Å². The van der Waals surface area contributed by atoms with Crippen LogP contribution in [0.3, 0.4) is 0 Å². The lowest BCUT2D eigenvalue weighted by Crippen LogP contribution is -2.38. The average molecular weight is 367 g/mol. The molecule has 0 bridgehead atoms. The molecule has 1 heterocycles. The summed E-state index contributed by atoms with van der Waals surface area (Å²) in [7, 11) is 0. The lowest BCUT2D eigenvalue weighted by Gasteiger charge is -2.20. The molecule has 3 rings (SSSR count). The first-order chi connectivity index (χ1) is 13.0. The van der Waals surface area contributed by atoms with E-state index in [0.717, 1.165) is 42.8 Å². The molecule has 1 N–H and O–H groups in total. The molecule has 0 fully saturated rings. The monoisotopic (exact) mass is 366 g/mol. The summed E-state index contributed by atoms with van der Waals surface area (Å²) in [5.74, 6) is 0.735. The molecule has 2 aromatic rings. The van der Waals surface area contributed by atoms with Gasteiger partial charge in [0.15, 0.2) is 6.10 Å². The molecule has 0 aromatic heterocycles. The van der Waals surface area contributed by atoms with Crippen LogP contribution in [0.4, 0.5) is 5.69 Å². The molecule has 1 aliphatic rings. The van der Waals surface area contributed by atoms with Crippen molar-refractivity contribution in [3.63, 3.8) is 0 Å². The number of ether oxygens (including phenoxy) is 1. The van der Waals surface area contributed by atoms with Gasteiger partial charge in [-0.15, -0.1) is 0 Å². The number of carbonyl (C=O) groups excluding carboxylic acids is 1. The number of amides is 1. The number of aryl methyl sites for hydroxylation is 2. The molecule has 4 heteroatoms. The highest BCUT2D eigenvalue weighted by molar-refractivity contribution is 5.80. The van der Waals surface area contributed by atoms with Crippen LogP contribution >= 0.6 is 0 Å². The molecule has 1 unspecified atom stereocenters. The predicted molar refractivity (Wildman–Crippen MR) is 111 cm³/mol. The summed E-state index contributed by atoms with van der Waals surface area (Å²) in [5, 5.41) is 3.01. The summed E-state index contributed by atoms with van der Waals surface area (Å²) in [4.78, 5) is 14.8. The van der Waals surface area contributed by atoms with Crippen molar-refractivity contribution in [2.24, 2.45) is 0 Å². The topological polar surface area (TPSA) is 41.6 Å². The second kappa shape index (κ2) is 8.47. The fourth-order valence-electron chi connectivity index (χ4n) is 3.63. The number of rotatable bonds is 7. The lowest BCUT2D eigenvalue weighted by atomic mass is 10.1. The Morgan fingerprint density at radius 2 is 2.00 bits per heavy atom. The summed E-state index contributed by atoms with van der Waals surface area (Å²) in [6.07, 6.45) is 1.54. The number of benzene rings is 2. The van der Waals surface area contributed by atoms with Crippen LogP contribution in [0, 0.1) is 20.8 Å². The van der Waals surface area contributed by atoms with Crippen molar-refractivity contribution >= 4 is 11.6 Å². The Labute approximate surface area is 162 Å². The number of carbonyl (C=O) groups is 1. The number of anilines is 1. The van der Waals surface area contributed by atoms with Gasteiger partial charge in [0, 0.05) is 25.3 Å². The molecule has 1 atom stereocenters. The molecule has 1 amide bonds. The van der Waals surface area contributed by atoms with E-state index in [4.69, 9.17) is 4.74 Å². The SMILES string of the molecule is Cc1cc(C)c(C)c(OC(C)C(=O)NCCCN2CCc3ccccc32)c1. The van der Waals surface area contributed by atoms with Crippen molar-refractivity contribution in [2.45, 2.75) is 46.6 Å². The normalized spacial score (nSPS) is 14.0. The third-order valence-electron chi connectivity index (χ3n) is 5.32. The zero-order valence-electron chi connectivity index (χ0n) is 16.8. The van der Waals surface area contributed by atoms with Crippen LogP contribution in [0.25, 0.3) is 0 Å². The molecule has 1 aliphatic heterocycles. The van der Waals surface area contributed by atoms with Crippen LogP contribution in [0.5, 0.6) is 5.75 Å². The van der Waals surface area contributed by atoms with Crippen LogP contribution < -0.4 is 15.0 Å². The van der Waals surface area contributed by atoms with Crippen molar-refractivity contribution in [3.8, 4) is 5.75 Å². The van der Waals surface area contributed by atoms with Gasteiger partial charge in [-0.25, -0.2) is 0 Å². The molecule has 27 heavy (non-hydrogen) atoms. The maximum atomic E-state index is 12.4. The molecule has 0 spiro atoms. The summed E-state index contributed by atoms with van der Waals surface area (Å²) >= 11 is 0. The number of hydrogen-bond donors (Lipinski definition) is 1. The van der Waals surface area contributed by atoms with Gasteiger partial charge in [-0.05, 0) is 74.9 Å². The Morgan fingerprint density at radius 1 is 1.22 bits per heavy atom. The van der Waals surface area contributed by atoms with E-state index < -0.39 is 6.10 Å². The van der Waals surface area contributed by atoms with Gasteiger partial charge in [0.25, 0.3) is 5.91 Å². The highest BCUT2D eigenvalue weighted by atomic mass is 16.5. The Morgan fingerprint density at radius 3 is 2.81 bits per heavy atom. The fraction of sp³-hybridized carbons (Fsp3) is 0.435. The van der Waals surface area contributed by atoms with Crippen molar-refractivity contribution in [1.29, 1.82) is 0 Å². The minimum Gasteiger partial charge on any atom is -0.481 e. The molecule has 0 radical (unpaired) electrons. The number of fused-ring (bicyclic) bond motifs is 1. The van der Waals surface area contributed by atoms with Crippen molar-refractivity contribution < 1.29 is 9.53 Å². The Kier molecular flexibility index (Phi) is 6.04. The highest BCUT2D eigenvalue weighted by Crippen LogP contribution is 2.27. The minimum absolute atomic E-state index is 0.0598. The second-order valence-electron chi connectivity index (χ2n) is 7.48. The van der Waals surface area contributed by atoms with Gasteiger partial charge in [-0.2, -0.15) is 0 Å². The van der Waals surface area contributed by atoms with Crippen LogP contribution in [0.1, 0.15) is 35.6 Å². The number of nitrogens with zero attached hydrogens (tertiary/aromatic N) is 1. The first-order valence-corrected chi connectivity index (χ1v) is 9.81. The molecule has 0 saturated carbocycles. The van der Waals surface area contributed by atoms with Gasteiger partial charge in [0.05, 0.1) is 0 Å². The third-order valence-corrected chi connectivity index (χ3v) is 5.32. The summed E-state index contributed by atoms with van der Waals surface area (Å²) in [6.45, 7) is 10.6. The second-order valence-corrected chi connectivity index (χ2v) is 7.48. The van der Waals surface area contributed by atoms with E-state index in [2.05, 4.69) is 47.5 Å². The van der Waals surface area contributed by atoms with Gasteiger partial charge in [0.2, 0.25) is 0 Å². The van der Waals surface area contributed by atoms with E-state index in [-0.39, 0.29) is 5.91 Å². The molecule has 4 nitrogen and oxygen atoms in total. The number of nitrogens with one attached hydrogen (secondary N) is 1. The van der Waals surface area contributed by atoms with Crippen LogP contribution in [0.15, 0.2) is 36.4 Å². The van der Waals surface area contributed by atoms with E-state index in [1.54, 1.807) is 0 Å². The maximum Gasteiger partial charge on any atom is 0.260 e. The molecule has 2 aromatic carbocycles. The summed E-state index contributed by atoms with van der Waals surface area (Å²) < 4.78 is 5.92. The zero-order valence-corrected chi connectivity index (χ0v) is 16.8. The van der Waals surface area contributed by atoms with Gasteiger partial charge in [-0.1, -0.05) is 24.3 Å². The summed E-state index contributed by atoms with van der Waals surface area (Å²) in [5.41, 5.74) is 6.18. The van der Waals surface area contributed by atoms with Crippen LogP contribution in [0.2, 0.25) is 0 Å². The van der Waals surface area contributed by atoms with Crippen molar-refractivity contribution in [3.05, 3.63) is 58.7 Å². The quantitative estimate of drug-likeness (QED) is 0.755. The van der Waals surface area contributed by atoms with Crippen molar-refractivity contribution in [1.82, 2.24) is 5.32 Å². The van der Waals surface area contributed by atoms with E-state index in [1.165, 1.54) is 16.8 Å². The standard InChI is InChI=1S/C23H30N2O2/c1-16-14-17(2)18(3)22(15-16)27-19(4)23(26)24-11-7-12-25-13-10-20-8-5-6-9-21(20)25/h5-6,8-9,14-15,19H,7,10-13H2,1-4H3,(H,24,26). The van der Waals surface area contributed by atoms with E-state index >= 15 is 0 Å². The van der Waals surface area contributed by atoms with Crippen molar-refractivity contribution in [2.75, 3.05) is 24.5 Å². The van der Waals surface area contributed by atoms with Crippen LogP contribution in [-0.2, 0) is 11.2 Å². The Hall–Kier alpha value is -2.49. The van der Waals surface area contributed by atoms with Gasteiger partial charge >= 0.3 is 0 Å². The minimum atomic E-state index is -0.502. The summed E-state index contributed by atoms with van der Waals surface area (Å²) in [6, 6.07) is 12.7. The molecule has 144 valence electrons. The van der Waals surface area contributed by atoms with E-state index in [0.29, 0.717) is 6.54 Å². The van der Waals surface area contributed by atoms with Gasteiger partial charge in [0.1, 0.15) is 5.75 Å². The van der Waals surface area contributed by atoms with E-state index in [9.17, 15) is 4.79 Å². The molecule has 0 saturated heterocycles. The number of para-hydroxylation sites is 1. The van der Waals surface area contributed by atoms with Gasteiger partial charge < -0.3 is 15.0 Å². The molecular formula is C23H30N2O2. The highest BCUT2D eigenvalue weighted by Gasteiger charge is 2.19. The molecular weight excluding hydrogens is 336 g/mol. The lowest BCUT2D eigenvalue weighted by molar-refractivity contribution is -0.127. The van der Waals surface area contributed by atoms with Crippen LogP contribution in [-0.4, -0.2) is 31.6 Å². The Balaban J connectivity index is 1.44. The fourth-order valence-corrected chi connectivity index (χ4v) is 3.63. The first kappa shape index (κ1) is 19.3. The average Bonchev–Trinajstić information content (AvgIpc) is 3.05. The first-order valence-electron chi connectivity index (χ1n) is 9.81. The molecule has 0 aliphatic carbocycles. The zero-order chi connectivity index (χ0) is 19.4.